The molecule has 0 aromatic heterocycles. The molecule has 0 unspecified atom stereocenters. The summed E-state index contributed by atoms with van der Waals surface area (Å²) in [5.74, 6) is 0.214. The molecule has 9 heteroatoms. The number of nitrogens with one attached hydrogen (secondary N) is 1. The second kappa shape index (κ2) is 7.62. The molecule has 0 spiro atoms. The van der Waals surface area contributed by atoms with Crippen LogP contribution in [-0.2, 0) is 19.5 Å². The van der Waals surface area contributed by atoms with E-state index in [0.717, 1.165) is 0 Å². The summed E-state index contributed by atoms with van der Waals surface area (Å²) in [5.41, 5.74) is 0.316. The van der Waals surface area contributed by atoms with Gasteiger partial charge in [0, 0.05) is 18.8 Å². The highest BCUT2D eigenvalue weighted by atomic mass is 32.2. The van der Waals surface area contributed by atoms with Gasteiger partial charge in [-0.3, -0.25) is 5.32 Å². The Balaban J connectivity index is 2.33. The SMILES string of the molecule is CCOC(=O)Nc1ccc(OC)c(S(=O)(=O)N2CCOCC2)c1. The number of nitrogens with zero attached hydrogens (tertiary/aromatic N) is 1. The van der Waals surface area contributed by atoms with Crippen LogP contribution in [0.1, 0.15) is 6.92 Å². The van der Waals surface area contributed by atoms with Crippen LogP contribution in [0.4, 0.5) is 10.5 Å². The lowest BCUT2D eigenvalue weighted by Gasteiger charge is -2.26. The normalized spacial score (nSPS) is 15.9. The number of hydrogen-bond acceptors (Lipinski definition) is 6. The van der Waals surface area contributed by atoms with Crippen LogP contribution < -0.4 is 10.1 Å². The topological polar surface area (TPSA) is 94.2 Å². The van der Waals surface area contributed by atoms with Gasteiger partial charge in [0.2, 0.25) is 10.0 Å². The summed E-state index contributed by atoms with van der Waals surface area (Å²) in [7, 11) is -2.34. The molecule has 1 fully saturated rings. The number of rotatable bonds is 5. The first-order chi connectivity index (χ1) is 11.0. The zero-order chi connectivity index (χ0) is 16.9. The summed E-state index contributed by atoms with van der Waals surface area (Å²) < 4.78 is 42.0. The molecular weight excluding hydrogens is 324 g/mol. The van der Waals surface area contributed by atoms with E-state index < -0.39 is 16.1 Å². The third-order valence-corrected chi connectivity index (χ3v) is 5.19. The fourth-order valence-electron chi connectivity index (χ4n) is 2.17. The molecule has 23 heavy (non-hydrogen) atoms. The Labute approximate surface area is 135 Å². The van der Waals surface area contributed by atoms with Gasteiger partial charge in [-0.05, 0) is 25.1 Å². The van der Waals surface area contributed by atoms with Crippen molar-refractivity contribution in [3.05, 3.63) is 18.2 Å². The molecule has 1 aliphatic heterocycles. The average Bonchev–Trinajstić information content (AvgIpc) is 2.56. The van der Waals surface area contributed by atoms with Crippen LogP contribution in [0.25, 0.3) is 0 Å². The van der Waals surface area contributed by atoms with E-state index in [9.17, 15) is 13.2 Å². The quantitative estimate of drug-likeness (QED) is 0.865. The van der Waals surface area contributed by atoms with Crippen LogP contribution in [0.2, 0.25) is 0 Å². The van der Waals surface area contributed by atoms with Gasteiger partial charge in [0.15, 0.2) is 0 Å². The van der Waals surface area contributed by atoms with Gasteiger partial charge in [0.1, 0.15) is 10.6 Å². The lowest BCUT2D eigenvalue weighted by molar-refractivity contribution is 0.0729. The Morgan fingerprint density at radius 3 is 2.65 bits per heavy atom. The minimum Gasteiger partial charge on any atom is -0.495 e. The van der Waals surface area contributed by atoms with Crippen LogP contribution in [0.3, 0.4) is 0 Å². The third-order valence-electron chi connectivity index (χ3n) is 3.27. The summed E-state index contributed by atoms with van der Waals surface area (Å²) in [5, 5.41) is 2.49. The van der Waals surface area contributed by atoms with Crippen LogP contribution in [-0.4, -0.2) is 58.8 Å². The second-order valence-corrected chi connectivity index (χ2v) is 6.63. The van der Waals surface area contributed by atoms with Gasteiger partial charge in [0.05, 0.1) is 26.9 Å². The zero-order valence-electron chi connectivity index (χ0n) is 13.1. The number of carbonyl (C=O) groups excluding carboxylic acids is 1. The number of methoxy groups -OCH3 is 1. The molecule has 128 valence electrons. The van der Waals surface area contributed by atoms with Crippen molar-refractivity contribution in [1.29, 1.82) is 0 Å². The van der Waals surface area contributed by atoms with E-state index in [1.165, 1.54) is 23.5 Å². The molecule has 2 rings (SSSR count). The average molecular weight is 344 g/mol. The predicted molar refractivity (Wildman–Crippen MR) is 83.2 cm³/mol. The summed E-state index contributed by atoms with van der Waals surface area (Å²) in [6.45, 7) is 3.16. The van der Waals surface area contributed by atoms with Crippen molar-refractivity contribution in [1.82, 2.24) is 4.31 Å². The molecule has 0 atom stereocenters. The summed E-state index contributed by atoms with van der Waals surface area (Å²) >= 11 is 0. The zero-order valence-corrected chi connectivity index (χ0v) is 13.9. The van der Waals surface area contributed by atoms with Crippen LogP contribution >= 0.6 is 0 Å². The van der Waals surface area contributed by atoms with E-state index in [1.807, 2.05) is 0 Å². The molecule has 0 radical (unpaired) electrons. The van der Waals surface area contributed by atoms with Crippen molar-refractivity contribution in [2.75, 3.05) is 45.3 Å². The van der Waals surface area contributed by atoms with Gasteiger partial charge < -0.3 is 14.2 Å². The highest BCUT2D eigenvalue weighted by Gasteiger charge is 2.29. The molecule has 1 aliphatic rings. The summed E-state index contributed by atoms with van der Waals surface area (Å²) in [6, 6.07) is 4.41. The van der Waals surface area contributed by atoms with E-state index in [4.69, 9.17) is 14.2 Å². The van der Waals surface area contributed by atoms with Crippen LogP contribution in [0.15, 0.2) is 23.1 Å². The van der Waals surface area contributed by atoms with Crippen molar-refractivity contribution in [2.45, 2.75) is 11.8 Å². The minimum absolute atomic E-state index is 0.00352. The maximum Gasteiger partial charge on any atom is 0.411 e. The molecule has 1 N–H and O–H groups in total. The largest absolute Gasteiger partial charge is 0.495 e. The Kier molecular flexibility index (Phi) is 5.80. The Hall–Kier alpha value is -1.84. The van der Waals surface area contributed by atoms with Gasteiger partial charge in [-0.15, -0.1) is 0 Å². The Bertz CT molecular complexity index is 655. The molecule has 1 saturated heterocycles. The Morgan fingerprint density at radius 1 is 1.35 bits per heavy atom. The second-order valence-electron chi connectivity index (χ2n) is 4.73. The van der Waals surface area contributed by atoms with Crippen molar-refractivity contribution >= 4 is 21.8 Å². The summed E-state index contributed by atoms with van der Waals surface area (Å²) in [4.78, 5) is 11.5. The Morgan fingerprint density at radius 2 is 2.04 bits per heavy atom. The number of amides is 1. The van der Waals surface area contributed by atoms with Crippen LogP contribution in [0, 0.1) is 0 Å². The molecule has 1 heterocycles. The van der Waals surface area contributed by atoms with E-state index >= 15 is 0 Å². The van der Waals surface area contributed by atoms with Crippen molar-refractivity contribution in [3.8, 4) is 5.75 Å². The van der Waals surface area contributed by atoms with Crippen molar-refractivity contribution in [2.24, 2.45) is 0 Å². The molecule has 0 bridgehead atoms. The molecule has 8 nitrogen and oxygen atoms in total. The van der Waals surface area contributed by atoms with Crippen molar-refractivity contribution < 1.29 is 27.4 Å². The number of carbonyl (C=O) groups is 1. The van der Waals surface area contributed by atoms with Gasteiger partial charge in [-0.25, -0.2) is 13.2 Å². The molecule has 1 amide bonds. The molecule has 1 aromatic rings. The van der Waals surface area contributed by atoms with Gasteiger partial charge in [-0.1, -0.05) is 0 Å². The standard InChI is InChI=1S/C14H20N2O6S/c1-3-22-14(17)15-11-4-5-12(20-2)13(10-11)23(18,19)16-6-8-21-9-7-16/h4-5,10H,3,6-9H2,1-2H3,(H,15,17). The number of morpholine rings is 1. The molecule has 1 aromatic carbocycles. The van der Waals surface area contributed by atoms with E-state index in [1.54, 1.807) is 13.0 Å². The first kappa shape index (κ1) is 17.5. The van der Waals surface area contributed by atoms with Gasteiger partial charge >= 0.3 is 6.09 Å². The number of hydrogen-bond donors (Lipinski definition) is 1. The molecular formula is C14H20N2O6S. The molecule has 0 aliphatic carbocycles. The maximum atomic E-state index is 12.8. The van der Waals surface area contributed by atoms with E-state index in [-0.39, 0.29) is 30.3 Å². The minimum atomic E-state index is -3.74. The highest BCUT2D eigenvalue weighted by Crippen LogP contribution is 2.30. The van der Waals surface area contributed by atoms with E-state index in [2.05, 4.69) is 5.32 Å². The number of anilines is 1. The predicted octanol–water partition coefficient (Wildman–Crippen LogP) is 1.28. The van der Waals surface area contributed by atoms with Crippen LogP contribution in [0.5, 0.6) is 5.75 Å². The monoisotopic (exact) mass is 344 g/mol. The maximum absolute atomic E-state index is 12.8. The van der Waals surface area contributed by atoms with Crippen molar-refractivity contribution in [3.63, 3.8) is 0 Å². The molecule has 0 saturated carbocycles. The fraction of sp³-hybridized carbons (Fsp3) is 0.500. The first-order valence-corrected chi connectivity index (χ1v) is 8.62. The lowest BCUT2D eigenvalue weighted by atomic mass is 10.3. The smallest absolute Gasteiger partial charge is 0.411 e. The summed E-state index contributed by atoms with van der Waals surface area (Å²) in [6.07, 6.45) is -0.646. The first-order valence-electron chi connectivity index (χ1n) is 7.18. The fourth-order valence-corrected chi connectivity index (χ4v) is 3.76. The lowest BCUT2D eigenvalue weighted by Crippen LogP contribution is -2.40. The number of ether oxygens (including phenoxy) is 3. The number of sulfonamides is 1. The number of benzene rings is 1. The van der Waals surface area contributed by atoms with Gasteiger partial charge in [0.25, 0.3) is 0 Å². The van der Waals surface area contributed by atoms with Gasteiger partial charge in [-0.2, -0.15) is 4.31 Å². The third kappa shape index (κ3) is 4.12. The highest BCUT2D eigenvalue weighted by molar-refractivity contribution is 7.89. The van der Waals surface area contributed by atoms with E-state index in [0.29, 0.717) is 18.9 Å².